The standard InChI is InChI=1S/C14H25N3O3/c1-16(2)7-8-17-13(12(20-4)9-15-17)14(18,10-19-3)11-5-6-11/h9,11,18H,5-8,10H2,1-4H3. The second-order valence-electron chi connectivity index (χ2n) is 5.72. The zero-order chi connectivity index (χ0) is 14.8. The average molecular weight is 283 g/mol. The molecule has 0 aliphatic heterocycles. The molecule has 2 rings (SSSR count). The molecule has 0 saturated heterocycles. The van der Waals surface area contributed by atoms with Crippen molar-refractivity contribution in [1.29, 1.82) is 0 Å². The molecule has 1 fully saturated rings. The minimum atomic E-state index is -1.01. The molecule has 20 heavy (non-hydrogen) atoms. The molecular formula is C14H25N3O3. The van der Waals surface area contributed by atoms with Crippen LogP contribution in [-0.2, 0) is 16.9 Å². The van der Waals surface area contributed by atoms with Crippen LogP contribution in [0.4, 0.5) is 0 Å². The van der Waals surface area contributed by atoms with E-state index in [0.29, 0.717) is 12.3 Å². The predicted molar refractivity (Wildman–Crippen MR) is 75.8 cm³/mol. The zero-order valence-corrected chi connectivity index (χ0v) is 12.8. The summed E-state index contributed by atoms with van der Waals surface area (Å²) < 4.78 is 12.5. The molecule has 1 atom stereocenters. The summed E-state index contributed by atoms with van der Waals surface area (Å²) in [5, 5.41) is 15.5. The van der Waals surface area contributed by atoms with E-state index in [1.807, 2.05) is 18.8 Å². The third kappa shape index (κ3) is 2.97. The van der Waals surface area contributed by atoms with E-state index in [9.17, 15) is 5.11 Å². The van der Waals surface area contributed by atoms with Gasteiger partial charge in [0, 0.05) is 13.7 Å². The van der Waals surface area contributed by atoms with Gasteiger partial charge in [0.1, 0.15) is 11.3 Å². The highest BCUT2D eigenvalue weighted by atomic mass is 16.5. The molecule has 6 nitrogen and oxygen atoms in total. The van der Waals surface area contributed by atoms with Gasteiger partial charge in [0.2, 0.25) is 0 Å². The fourth-order valence-electron chi connectivity index (χ4n) is 2.58. The van der Waals surface area contributed by atoms with Crippen LogP contribution in [0.25, 0.3) is 0 Å². The maximum Gasteiger partial charge on any atom is 0.163 e. The van der Waals surface area contributed by atoms with Crippen LogP contribution in [0.3, 0.4) is 0 Å². The number of likely N-dealkylation sites (N-methyl/N-ethyl adjacent to an activating group) is 1. The van der Waals surface area contributed by atoms with Crippen molar-refractivity contribution < 1.29 is 14.6 Å². The molecule has 1 aliphatic rings. The van der Waals surface area contributed by atoms with Gasteiger partial charge in [-0.3, -0.25) is 4.68 Å². The molecule has 1 unspecified atom stereocenters. The van der Waals surface area contributed by atoms with Gasteiger partial charge >= 0.3 is 0 Å². The van der Waals surface area contributed by atoms with Crippen LogP contribution in [-0.4, -0.2) is 61.3 Å². The highest BCUT2D eigenvalue weighted by molar-refractivity contribution is 5.33. The molecule has 114 valence electrons. The van der Waals surface area contributed by atoms with Crippen LogP contribution in [0, 0.1) is 5.92 Å². The summed E-state index contributed by atoms with van der Waals surface area (Å²) in [5.41, 5.74) is -0.269. The van der Waals surface area contributed by atoms with Crippen LogP contribution in [0.5, 0.6) is 5.75 Å². The molecule has 0 amide bonds. The molecular weight excluding hydrogens is 258 g/mol. The van der Waals surface area contributed by atoms with E-state index in [4.69, 9.17) is 9.47 Å². The largest absolute Gasteiger partial charge is 0.493 e. The molecule has 1 heterocycles. The molecule has 1 N–H and O–H groups in total. The monoisotopic (exact) mass is 283 g/mol. The van der Waals surface area contributed by atoms with E-state index < -0.39 is 5.60 Å². The Morgan fingerprint density at radius 2 is 2.15 bits per heavy atom. The minimum absolute atomic E-state index is 0.228. The summed E-state index contributed by atoms with van der Waals surface area (Å²) in [5.74, 6) is 0.862. The Morgan fingerprint density at radius 3 is 2.65 bits per heavy atom. The van der Waals surface area contributed by atoms with Crippen molar-refractivity contribution >= 4 is 0 Å². The summed E-state index contributed by atoms with van der Waals surface area (Å²) in [4.78, 5) is 2.09. The SMILES string of the molecule is COCC(O)(c1c(OC)cnn1CCN(C)C)C1CC1. The fourth-order valence-corrected chi connectivity index (χ4v) is 2.58. The maximum absolute atomic E-state index is 11.1. The van der Waals surface area contributed by atoms with E-state index in [1.165, 1.54) is 0 Å². The number of rotatable bonds is 8. The van der Waals surface area contributed by atoms with Crippen LogP contribution >= 0.6 is 0 Å². The van der Waals surface area contributed by atoms with Gasteiger partial charge in [-0.15, -0.1) is 0 Å². The maximum atomic E-state index is 11.1. The number of ether oxygens (including phenoxy) is 2. The van der Waals surface area contributed by atoms with E-state index >= 15 is 0 Å². The van der Waals surface area contributed by atoms with Gasteiger partial charge < -0.3 is 19.5 Å². The Balaban J connectivity index is 2.33. The quantitative estimate of drug-likeness (QED) is 0.761. The second-order valence-corrected chi connectivity index (χ2v) is 5.72. The summed E-state index contributed by atoms with van der Waals surface area (Å²) in [6.07, 6.45) is 3.71. The summed E-state index contributed by atoms with van der Waals surface area (Å²) in [7, 11) is 7.25. The lowest BCUT2D eigenvalue weighted by atomic mass is 9.93. The number of aliphatic hydroxyl groups is 1. The number of aromatic nitrogens is 2. The topological polar surface area (TPSA) is 59.8 Å². The van der Waals surface area contributed by atoms with Crippen LogP contribution in [0.1, 0.15) is 18.5 Å². The van der Waals surface area contributed by atoms with Gasteiger partial charge in [0.15, 0.2) is 5.75 Å². The van der Waals surface area contributed by atoms with Gasteiger partial charge in [0.25, 0.3) is 0 Å². The zero-order valence-electron chi connectivity index (χ0n) is 12.8. The molecule has 0 aromatic carbocycles. The van der Waals surface area contributed by atoms with Crippen molar-refractivity contribution in [3.63, 3.8) is 0 Å². The summed E-state index contributed by atoms with van der Waals surface area (Å²) >= 11 is 0. The first-order chi connectivity index (χ1) is 9.52. The first-order valence-electron chi connectivity index (χ1n) is 6.99. The van der Waals surface area contributed by atoms with Crippen molar-refractivity contribution in [3.8, 4) is 5.75 Å². The first-order valence-corrected chi connectivity index (χ1v) is 6.99. The average Bonchev–Trinajstić information content (AvgIpc) is 3.17. The molecule has 1 aromatic heterocycles. The molecule has 1 aliphatic carbocycles. The van der Waals surface area contributed by atoms with Crippen molar-refractivity contribution in [3.05, 3.63) is 11.9 Å². The van der Waals surface area contributed by atoms with E-state index in [1.54, 1.807) is 20.4 Å². The Kier molecular flexibility index (Phi) is 4.67. The molecule has 0 radical (unpaired) electrons. The lowest BCUT2D eigenvalue weighted by molar-refractivity contribution is -0.0609. The molecule has 1 saturated carbocycles. The van der Waals surface area contributed by atoms with Gasteiger partial charge in [-0.1, -0.05) is 0 Å². The molecule has 6 heteroatoms. The number of nitrogens with zero attached hydrogens (tertiary/aromatic N) is 3. The van der Waals surface area contributed by atoms with Crippen LogP contribution < -0.4 is 4.74 Å². The van der Waals surface area contributed by atoms with Crippen molar-refractivity contribution in [2.24, 2.45) is 5.92 Å². The van der Waals surface area contributed by atoms with E-state index in [-0.39, 0.29) is 12.5 Å². The fraction of sp³-hybridized carbons (Fsp3) is 0.786. The second kappa shape index (κ2) is 6.11. The van der Waals surface area contributed by atoms with Crippen LogP contribution in [0.2, 0.25) is 0 Å². The third-order valence-corrected chi connectivity index (χ3v) is 3.81. The molecule has 1 aromatic rings. The number of hydrogen-bond donors (Lipinski definition) is 1. The van der Waals surface area contributed by atoms with Crippen LogP contribution in [0.15, 0.2) is 6.20 Å². The minimum Gasteiger partial charge on any atom is -0.493 e. The summed E-state index contributed by atoms with van der Waals surface area (Å²) in [6, 6.07) is 0. The van der Waals surface area contributed by atoms with E-state index in [2.05, 4.69) is 10.00 Å². The van der Waals surface area contributed by atoms with Crippen molar-refractivity contribution in [1.82, 2.24) is 14.7 Å². The van der Waals surface area contributed by atoms with Gasteiger partial charge in [-0.2, -0.15) is 5.10 Å². The Morgan fingerprint density at radius 1 is 1.45 bits per heavy atom. The highest BCUT2D eigenvalue weighted by Crippen LogP contribution is 2.48. The summed E-state index contributed by atoms with van der Waals surface area (Å²) in [6.45, 7) is 1.83. The molecule has 0 bridgehead atoms. The van der Waals surface area contributed by atoms with Crippen molar-refractivity contribution in [2.45, 2.75) is 25.0 Å². The highest BCUT2D eigenvalue weighted by Gasteiger charge is 2.49. The predicted octanol–water partition coefficient (Wildman–Crippen LogP) is 0.697. The third-order valence-electron chi connectivity index (χ3n) is 3.81. The van der Waals surface area contributed by atoms with Gasteiger partial charge in [0.05, 0.1) is 26.5 Å². The van der Waals surface area contributed by atoms with Gasteiger partial charge in [-0.25, -0.2) is 0 Å². The number of methoxy groups -OCH3 is 2. The number of hydrogen-bond acceptors (Lipinski definition) is 5. The lowest BCUT2D eigenvalue weighted by Crippen LogP contribution is -2.37. The Hall–Kier alpha value is -1.11. The Labute approximate surface area is 120 Å². The lowest BCUT2D eigenvalue weighted by Gasteiger charge is -2.29. The Bertz CT molecular complexity index is 443. The first kappa shape index (κ1) is 15.3. The van der Waals surface area contributed by atoms with Gasteiger partial charge in [-0.05, 0) is 32.9 Å². The molecule has 0 spiro atoms. The smallest absolute Gasteiger partial charge is 0.163 e. The van der Waals surface area contributed by atoms with Crippen molar-refractivity contribution in [2.75, 3.05) is 41.5 Å². The normalized spacial score (nSPS) is 18.3. The van der Waals surface area contributed by atoms with E-state index in [0.717, 1.165) is 25.1 Å².